The quantitative estimate of drug-likeness (QED) is 0.705. The Morgan fingerprint density at radius 1 is 1.21 bits per heavy atom. The molecule has 1 amide bonds. The Balaban J connectivity index is 1.67. The minimum Gasteiger partial charge on any atom is -0.456 e. The highest BCUT2D eigenvalue weighted by atomic mass is 16.5. The van der Waals surface area contributed by atoms with Crippen LogP contribution in [0.2, 0.25) is 0 Å². The molecule has 1 N–H and O–H groups in total. The third-order valence-electron chi connectivity index (χ3n) is 4.97. The molecule has 0 saturated heterocycles. The number of esters is 1. The number of hydrogen-bond donors (Lipinski definition) is 1. The lowest BCUT2D eigenvalue weighted by atomic mass is 9.99. The zero-order valence-corrected chi connectivity index (χ0v) is 14.8. The fourth-order valence-electron chi connectivity index (χ4n) is 3.17. The molecule has 1 saturated carbocycles. The maximum Gasteiger partial charge on any atom is 0.306 e. The second-order valence-electron chi connectivity index (χ2n) is 6.83. The second kappa shape index (κ2) is 9.45. The molecule has 0 unspecified atom stereocenters. The fraction of sp³-hybridized carbons (Fsp3) is 0.600. The van der Waals surface area contributed by atoms with Crippen molar-refractivity contribution in [3.8, 4) is 0 Å². The van der Waals surface area contributed by atoms with E-state index in [4.69, 9.17) is 4.74 Å². The monoisotopic (exact) mass is 331 g/mol. The van der Waals surface area contributed by atoms with Crippen LogP contribution in [0.3, 0.4) is 0 Å². The second-order valence-corrected chi connectivity index (χ2v) is 6.83. The molecule has 1 aliphatic carbocycles. The SMILES string of the molecule is CC[C@H](C)c1ccc(NC(=O)COC(=O)CCC2CCCC2)cc1. The number of carbonyl (C=O) groups excluding carboxylic acids is 2. The molecule has 0 bridgehead atoms. The molecule has 1 atom stereocenters. The van der Waals surface area contributed by atoms with Crippen molar-refractivity contribution in [2.24, 2.45) is 5.92 Å². The van der Waals surface area contributed by atoms with Crippen LogP contribution in [-0.2, 0) is 14.3 Å². The fourth-order valence-corrected chi connectivity index (χ4v) is 3.17. The first-order chi connectivity index (χ1) is 11.6. The molecule has 2 rings (SSSR count). The Hall–Kier alpha value is -1.84. The number of carbonyl (C=O) groups is 2. The molecule has 1 fully saturated rings. The van der Waals surface area contributed by atoms with E-state index in [0.29, 0.717) is 18.3 Å². The van der Waals surface area contributed by atoms with E-state index in [1.807, 2.05) is 24.3 Å². The van der Waals surface area contributed by atoms with Gasteiger partial charge in [-0.05, 0) is 42.4 Å². The maximum atomic E-state index is 11.9. The van der Waals surface area contributed by atoms with Crippen LogP contribution in [0.4, 0.5) is 5.69 Å². The Bertz CT molecular complexity index is 532. The molecule has 1 aromatic carbocycles. The Morgan fingerprint density at radius 2 is 1.88 bits per heavy atom. The minimum atomic E-state index is -0.291. The highest BCUT2D eigenvalue weighted by molar-refractivity contribution is 5.92. The van der Waals surface area contributed by atoms with Crippen LogP contribution in [0.25, 0.3) is 0 Å². The van der Waals surface area contributed by atoms with Crippen molar-refractivity contribution in [3.63, 3.8) is 0 Å². The van der Waals surface area contributed by atoms with Gasteiger partial charge in [0.25, 0.3) is 5.91 Å². The summed E-state index contributed by atoms with van der Waals surface area (Å²) in [5.41, 5.74) is 1.99. The van der Waals surface area contributed by atoms with Crippen molar-refractivity contribution in [1.82, 2.24) is 0 Å². The number of benzene rings is 1. The van der Waals surface area contributed by atoms with Gasteiger partial charge in [0, 0.05) is 12.1 Å². The highest BCUT2D eigenvalue weighted by Gasteiger charge is 2.17. The van der Waals surface area contributed by atoms with Gasteiger partial charge in [0.15, 0.2) is 6.61 Å². The predicted octanol–water partition coefficient (Wildman–Crippen LogP) is 4.65. The van der Waals surface area contributed by atoms with Gasteiger partial charge in [-0.25, -0.2) is 0 Å². The van der Waals surface area contributed by atoms with Crippen molar-refractivity contribution in [2.45, 2.75) is 64.7 Å². The Kier molecular flexibility index (Phi) is 7.29. The molecule has 132 valence electrons. The third-order valence-corrected chi connectivity index (χ3v) is 4.97. The zero-order chi connectivity index (χ0) is 17.4. The van der Waals surface area contributed by atoms with E-state index in [0.717, 1.165) is 18.5 Å². The van der Waals surface area contributed by atoms with Crippen LogP contribution in [0.1, 0.15) is 70.3 Å². The summed E-state index contributed by atoms with van der Waals surface area (Å²) in [4.78, 5) is 23.6. The summed E-state index contributed by atoms with van der Waals surface area (Å²) in [7, 11) is 0. The molecule has 0 spiro atoms. The van der Waals surface area contributed by atoms with Gasteiger partial charge in [-0.2, -0.15) is 0 Å². The molecular formula is C20H29NO3. The lowest BCUT2D eigenvalue weighted by molar-refractivity contribution is -0.147. The number of nitrogens with one attached hydrogen (secondary N) is 1. The summed E-state index contributed by atoms with van der Waals surface area (Å²) >= 11 is 0. The zero-order valence-electron chi connectivity index (χ0n) is 14.8. The normalized spacial score (nSPS) is 15.9. The van der Waals surface area contributed by atoms with Gasteiger partial charge in [-0.1, -0.05) is 51.7 Å². The first-order valence-corrected chi connectivity index (χ1v) is 9.14. The molecule has 4 nitrogen and oxygen atoms in total. The Labute approximate surface area is 145 Å². The molecule has 24 heavy (non-hydrogen) atoms. The molecular weight excluding hydrogens is 302 g/mol. The molecule has 0 aliphatic heterocycles. The third kappa shape index (κ3) is 5.99. The first-order valence-electron chi connectivity index (χ1n) is 9.14. The van der Waals surface area contributed by atoms with Crippen LogP contribution >= 0.6 is 0 Å². The van der Waals surface area contributed by atoms with E-state index in [2.05, 4.69) is 19.2 Å². The number of amides is 1. The van der Waals surface area contributed by atoms with E-state index < -0.39 is 0 Å². The minimum absolute atomic E-state index is 0.212. The van der Waals surface area contributed by atoms with Crippen LogP contribution in [0.5, 0.6) is 0 Å². The van der Waals surface area contributed by atoms with Gasteiger partial charge in [0.1, 0.15) is 0 Å². The number of ether oxygens (including phenoxy) is 1. The predicted molar refractivity (Wildman–Crippen MR) is 95.9 cm³/mol. The summed E-state index contributed by atoms with van der Waals surface area (Å²) in [5, 5.41) is 2.76. The Morgan fingerprint density at radius 3 is 2.50 bits per heavy atom. The van der Waals surface area contributed by atoms with Gasteiger partial charge in [0.05, 0.1) is 0 Å². The molecule has 1 aliphatic rings. The van der Waals surface area contributed by atoms with E-state index in [1.54, 1.807) is 0 Å². The van der Waals surface area contributed by atoms with Crippen molar-refractivity contribution in [3.05, 3.63) is 29.8 Å². The van der Waals surface area contributed by atoms with Crippen molar-refractivity contribution in [2.75, 3.05) is 11.9 Å². The van der Waals surface area contributed by atoms with E-state index in [9.17, 15) is 9.59 Å². The van der Waals surface area contributed by atoms with Crippen LogP contribution in [0.15, 0.2) is 24.3 Å². The highest BCUT2D eigenvalue weighted by Crippen LogP contribution is 2.28. The van der Waals surface area contributed by atoms with Gasteiger partial charge >= 0.3 is 5.97 Å². The summed E-state index contributed by atoms with van der Waals surface area (Å²) in [5.74, 6) is 0.607. The smallest absolute Gasteiger partial charge is 0.306 e. The first kappa shape index (κ1) is 18.5. The summed E-state index contributed by atoms with van der Waals surface area (Å²) in [6.07, 6.45) is 7.39. The van der Waals surface area contributed by atoms with Crippen LogP contribution < -0.4 is 5.32 Å². The topological polar surface area (TPSA) is 55.4 Å². The van der Waals surface area contributed by atoms with Crippen LogP contribution in [-0.4, -0.2) is 18.5 Å². The average Bonchev–Trinajstić information content (AvgIpc) is 3.11. The van der Waals surface area contributed by atoms with E-state index in [1.165, 1.54) is 31.2 Å². The molecule has 0 radical (unpaired) electrons. The number of hydrogen-bond acceptors (Lipinski definition) is 3. The van der Waals surface area contributed by atoms with Gasteiger partial charge in [0.2, 0.25) is 0 Å². The summed E-state index contributed by atoms with van der Waals surface area (Å²) < 4.78 is 5.06. The van der Waals surface area contributed by atoms with Crippen LogP contribution in [0, 0.1) is 5.92 Å². The van der Waals surface area contributed by atoms with E-state index in [-0.39, 0.29) is 18.5 Å². The number of rotatable bonds is 8. The van der Waals surface area contributed by atoms with E-state index >= 15 is 0 Å². The molecule has 1 aromatic rings. The molecule has 0 aromatic heterocycles. The molecule has 0 heterocycles. The molecule has 4 heteroatoms. The van der Waals surface area contributed by atoms with Crippen molar-refractivity contribution >= 4 is 17.6 Å². The lowest BCUT2D eigenvalue weighted by Gasteiger charge is -2.11. The average molecular weight is 331 g/mol. The van der Waals surface area contributed by atoms with Gasteiger partial charge in [-0.3, -0.25) is 9.59 Å². The summed E-state index contributed by atoms with van der Waals surface area (Å²) in [6.45, 7) is 4.12. The maximum absolute atomic E-state index is 11.9. The van der Waals surface area contributed by atoms with Gasteiger partial charge < -0.3 is 10.1 Å². The summed E-state index contributed by atoms with van der Waals surface area (Å²) in [6, 6.07) is 7.83. The van der Waals surface area contributed by atoms with Crippen molar-refractivity contribution < 1.29 is 14.3 Å². The largest absolute Gasteiger partial charge is 0.456 e. The van der Waals surface area contributed by atoms with Crippen molar-refractivity contribution in [1.29, 1.82) is 0 Å². The standard InChI is InChI=1S/C20H29NO3/c1-3-15(2)17-9-11-18(12-10-17)21-19(22)14-24-20(23)13-8-16-6-4-5-7-16/h9-12,15-16H,3-8,13-14H2,1-2H3,(H,21,22)/t15-/m0/s1. The van der Waals surface area contributed by atoms with Gasteiger partial charge in [-0.15, -0.1) is 0 Å². The number of anilines is 1. The lowest BCUT2D eigenvalue weighted by Crippen LogP contribution is -2.21.